The Labute approximate surface area is 102 Å². The summed E-state index contributed by atoms with van der Waals surface area (Å²) in [5.41, 5.74) is 2.28. The first-order valence-corrected chi connectivity index (χ1v) is 5.75. The first-order valence-electron chi connectivity index (χ1n) is 5.75. The van der Waals surface area contributed by atoms with Gasteiger partial charge < -0.3 is 4.74 Å². The third kappa shape index (κ3) is 2.76. The van der Waals surface area contributed by atoms with Gasteiger partial charge in [-0.25, -0.2) is 0 Å². The Hall–Kier alpha value is -2.02. The molecular formula is C16H16O. The molecule has 0 aliphatic rings. The number of hydrogen-bond acceptors (Lipinski definition) is 1. The molecule has 0 bridgehead atoms. The van der Waals surface area contributed by atoms with E-state index in [9.17, 15) is 0 Å². The van der Waals surface area contributed by atoms with Gasteiger partial charge in [0.25, 0.3) is 0 Å². The summed E-state index contributed by atoms with van der Waals surface area (Å²) in [4.78, 5) is 0. The van der Waals surface area contributed by atoms with Gasteiger partial charge in [0, 0.05) is 5.56 Å². The monoisotopic (exact) mass is 224 g/mol. The lowest BCUT2D eigenvalue weighted by Crippen LogP contribution is -2.07. The Bertz CT molecular complexity index is 488. The van der Waals surface area contributed by atoms with E-state index in [-0.39, 0.29) is 6.10 Å². The van der Waals surface area contributed by atoms with E-state index in [4.69, 9.17) is 4.74 Å². The van der Waals surface area contributed by atoms with Gasteiger partial charge in [-0.1, -0.05) is 61.2 Å². The normalized spacial score (nSPS) is 11.8. The summed E-state index contributed by atoms with van der Waals surface area (Å²) in [5, 5.41) is 0. The standard InChI is InChI=1S/C16H16O/c1-3-13(2)17-16-12-8-7-11-15(16)14-9-5-4-6-10-14/h3-13H,1H2,2H3/t13-/m1/s1. The number of rotatable bonds is 4. The molecule has 0 saturated heterocycles. The third-order valence-electron chi connectivity index (χ3n) is 2.62. The zero-order valence-electron chi connectivity index (χ0n) is 9.97. The third-order valence-corrected chi connectivity index (χ3v) is 2.62. The van der Waals surface area contributed by atoms with Crippen molar-refractivity contribution in [2.24, 2.45) is 0 Å². The van der Waals surface area contributed by atoms with Gasteiger partial charge in [0.05, 0.1) is 0 Å². The molecule has 17 heavy (non-hydrogen) atoms. The van der Waals surface area contributed by atoms with E-state index in [1.165, 1.54) is 5.56 Å². The van der Waals surface area contributed by atoms with Gasteiger partial charge in [-0.05, 0) is 18.6 Å². The highest BCUT2D eigenvalue weighted by molar-refractivity contribution is 5.70. The molecule has 0 spiro atoms. The van der Waals surface area contributed by atoms with Crippen LogP contribution in [0, 0.1) is 0 Å². The zero-order chi connectivity index (χ0) is 12.1. The molecule has 2 aromatic carbocycles. The van der Waals surface area contributed by atoms with Crippen LogP contribution in [-0.2, 0) is 0 Å². The highest BCUT2D eigenvalue weighted by atomic mass is 16.5. The molecule has 0 aromatic heterocycles. The summed E-state index contributed by atoms with van der Waals surface area (Å²) in [5.74, 6) is 0.895. The minimum atomic E-state index is 0.0138. The molecule has 1 atom stereocenters. The first kappa shape index (κ1) is 11.5. The molecule has 86 valence electrons. The van der Waals surface area contributed by atoms with Crippen molar-refractivity contribution >= 4 is 0 Å². The van der Waals surface area contributed by atoms with Crippen LogP contribution < -0.4 is 4.74 Å². The second-order valence-corrected chi connectivity index (χ2v) is 3.92. The van der Waals surface area contributed by atoms with Gasteiger partial charge in [0.1, 0.15) is 11.9 Å². The quantitative estimate of drug-likeness (QED) is 0.703. The van der Waals surface area contributed by atoms with Crippen molar-refractivity contribution in [3.8, 4) is 16.9 Å². The van der Waals surface area contributed by atoms with Gasteiger partial charge in [-0.2, -0.15) is 0 Å². The predicted molar refractivity (Wildman–Crippen MR) is 72.2 cm³/mol. The summed E-state index contributed by atoms with van der Waals surface area (Å²) in [6, 6.07) is 18.3. The molecule has 0 radical (unpaired) electrons. The lowest BCUT2D eigenvalue weighted by molar-refractivity contribution is 0.271. The van der Waals surface area contributed by atoms with Crippen molar-refractivity contribution in [1.82, 2.24) is 0 Å². The summed E-state index contributed by atoms with van der Waals surface area (Å²) >= 11 is 0. The van der Waals surface area contributed by atoms with Gasteiger partial charge in [0.15, 0.2) is 0 Å². The van der Waals surface area contributed by atoms with Crippen LogP contribution in [-0.4, -0.2) is 6.10 Å². The fourth-order valence-corrected chi connectivity index (χ4v) is 1.67. The molecule has 0 aliphatic carbocycles. The maximum atomic E-state index is 5.83. The van der Waals surface area contributed by atoms with E-state index in [2.05, 4.69) is 24.8 Å². The zero-order valence-corrected chi connectivity index (χ0v) is 9.97. The molecule has 2 rings (SSSR count). The average molecular weight is 224 g/mol. The maximum absolute atomic E-state index is 5.83. The van der Waals surface area contributed by atoms with E-state index in [1.807, 2.05) is 43.3 Å². The van der Waals surface area contributed by atoms with E-state index in [0.29, 0.717) is 0 Å². The van der Waals surface area contributed by atoms with Crippen LogP contribution in [0.1, 0.15) is 6.92 Å². The number of hydrogen-bond donors (Lipinski definition) is 0. The van der Waals surface area contributed by atoms with Crippen molar-refractivity contribution in [1.29, 1.82) is 0 Å². The predicted octanol–water partition coefficient (Wildman–Crippen LogP) is 4.31. The van der Waals surface area contributed by atoms with Crippen LogP contribution in [0.5, 0.6) is 5.75 Å². The Morgan fingerprint density at radius 3 is 2.35 bits per heavy atom. The van der Waals surface area contributed by atoms with Crippen LogP contribution in [0.25, 0.3) is 11.1 Å². The van der Waals surface area contributed by atoms with Crippen LogP contribution in [0.4, 0.5) is 0 Å². The second kappa shape index (κ2) is 5.35. The van der Waals surface area contributed by atoms with Gasteiger partial charge in [0.2, 0.25) is 0 Å². The Morgan fingerprint density at radius 1 is 1.00 bits per heavy atom. The van der Waals surface area contributed by atoms with Gasteiger partial charge in [-0.15, -0.1) is 0 Å². The molecule has 1 heteroatoms. The van der Waals surface area contributed by atoms with Crippen molar-refractivity contribution in [2.75, 3.05) is 0 Å². The number of benzene rings is 2. The molecule has 0 aliphatic heterocycles. The average Bonchev–Trinajstić information content (AvgIpc) is 2.40. The largest absolute Gasteiger partial charge is 0.486 e. The fourth-order valence-electron chi connectivity index (χ4n) is 1.67. The summed E-state index contributed by atoms with van der Waals surface area (Å²) < 4.78 is 5.83. The van der Waals surface area contributed by atoms with Crippen molar-refractivity contribution in [2.45, 2.75) is 13.0 Å². The fraction of sp³-hybridized carbons (Fsp3) is 0.125. The molecule has 0 heterocycles. The Balaban J connectivity index is 2.37. The van der Waals surface area contributed by atoms with Crippen LogP contribution in [0.15, 0.2) is 67.3 Å². The molecule has 0 saturated carbocycles. The highest BCUT2D eigenvalue weighted by Gasteiger charge is 2.06. The molecule has 2 aromatic rings. The van der Waals surface area contributed by atoms with Crippen molar-refractivity contribution in [3.05, 3.63) is 67.3 Å². The summed E-state index contributed by atoms with van der Waals surface area (Å²) in [6.07, 6.45) is 1.81. The SMILES string of the molecule is C=C[C@@H](C)Oc1ccccc1-c1ccccc1. The lowest BCUT2D eigenvalue weighted by Gasteiger charge is -2.14. The molecule has 1 nitrogen and oxygen atoms in total. The van der Waals surface area contributed by atoms with Crippen LogP contribution >= 0.6 is 0 Å². The highest BCUT2D eigenvalue weighted by Crippen LogP contribution is 2.30. The van der Waals surface area contributed by atoms with Gasteiger partial charge >= 0.3 is 0 Å². The van der Waals surface area contributed by atoms with E-state index in [0.717, 1.165) is 11.3 Å². The van der Waals surface area contributed by atoms with E-state index >= 15 is 0 Å². The number of ether oxygens (including phenoxy) is 1. The minimum Gasteiger partial charge on any atom is -0.486 e. The van der Waals surface area contributed by atoms with E-state index in [1.54, 1.807) is 6.08 Å². The summed E-state index contributed by atoms with van der Waals surface area (Å²) in [6.45, 7) is 5.72. The smallest absolute Gasteiger partial charge is 0.128 e. The molecule has 0 N–H and O–H groups in total. The van der Waals surface area contributed by atoms with Gasteiger partial charge in [-0.3, -0.25) is 0 Å². The number of para-hydroxylation sites is 1. The maximum Gasteiger partial charge on any atom is 0.128 e. The molecule has 0 amide bonds. The Kier molecular flexibility index (Phi) is 3.61. The van der Waals surface area contributed by atoms with Crippen LogP contribution in [0.2, 0.25) is 0 Å². The molecule has 0 fully saturated rings. The minimum absolute atomic E-state index is 0.0138. The first-order chi connectivity index (χ1) is 8.31. The second-order valence-electron chi connectivity index (χ2n) is 3.92. The van der Waals surface area contributed by atoms with E-state index < -0.39 is 0 Å². The van der Waals surface area contributed by atoms with Crippen LogP contribution in [0.3, 0.4) is 0 Å². The van der Waals surface area contributed by atoms with Crippen molar-refractivity contribution < 1.29 is 4.74 Å². The topological polar surface area (TPSA) is 9.23 Å². The lowest BCUT2D eigenvalue weighted by atomic mass is 10.0. The van der Waals surface area contributed by atoms with Crippen molar-refractivity contribution in [3.63, 3.8) is 0 Å². The summed E-state index contributed by atoms with van der Waals surface area (Å²) in [7, 11) is 0. The Morgan fingerprint density at radius 2 is 1.65 bits per heavy atom. The molecule has 0 unspecified atom stereocenters. The molecular weight excluding hydrogens is 208 g/mol.